The first-order valence-corrected chi connectivity index (χ1v) is 4.84. The van der Waals surface area contributed by atoms with Gasteiger partial charge in [-0.25, -0.2) is 4.79 Å². The Hall–Kier alpha value is -0.870. The van der Waals surface area contributed by atoms with E-state index < -0.39 is 11.6 Å². The van der Waals surface area contributed by atoms with Gasteiger partial charge in [0.25, 0.3) is 0 Å². The Morgan fingerprint density at radius 2 is 1.93 bits per heavy atom. The highest BCUT2D eigenvalue weighted by Crippen LogP contribution is 2.23. The van der Waals surface area contributed by atoms with Crippen molar-refractivity contribution in [3.8, 4) is 0 Å². The quantitative estimate of drug-likeness (QED) is 0.824. The first kappa shape index (κ1) is 11.2. The normalized spacial score (nSPS) is 14.6. The van der Waals surface area contributed by atoms with Crippen molar-refractivity contribution in [1.82, 2.24) is 0 Å². The number of halogens is 1. The number of esters is 1. The summed E-state index contributed by atoms with van der Waals surface area (Å²) in [5.74, 6) is -0.667. The van der Waals surface area contributed by atoms with Crippen LogP contribution in [0.25, 0.3) is 0 Å². The van der Waals surface area contributed by atoms with Gasteiger partial charge in [0, 0.05) is 4.47 Å². The average molecular weight is 259 g/mol. The lowest BCUT2D eigenvalue weighted by atomic mass is 9.96. The maximum Gasteiger partial charge on any atom is 0.342 e. The zero-order valence-corrected chi connectivity index (χ0v) is 9.54. The van der Waals surface area contributed by atoms with Crippen molar-refractivity contribution >= 4 is 21.9 Å². The first-order valence-electron chi connectivity index (χ1n) is 4.05. The number of hydrogen-bond acceptors (Lipinski definition) is 3. The van der Waals surface area contributed by atoms with Crippen molar-refractivity contribution in [3.05, 3.63) is 34.3 Å². The van der Waals surface area contributed by atoms with Crippen LogP contribution in [-0.4, -0.2) is 18.2 Å². The Morgan fingerprint density at radius 3 is 2.36 bits per heavy atom. The van der Waals surface area contributed by atoms with Crippen molar-refractivity contribution in [2.75, 3.05) is 7.11 Å². The smallest absolute Gasteiger partial charge is 0.342 e. The topological polar surface area (TPSA) is 46.5 Å². The van der Waals surface area contributed by atoms with Crippen LogP contribution in [0, 0.1) is 0 Å². The van der Waals surface area contributed by atoms with Crippen LogP contribution in [0.1, 0.15) is 12.5 Å². The van der Waals surface area contributed by atoms with Crippen molar-refractivity contribution in [1.29, 1.82) is 0 Å². The van der Waals surface area contributed by atoms with Crippen LogP contribution >= 0.6 is 15.9 Å². The molecule has 0 bridgehead atoms. The molecule has 4 heteroatoms. The van der Waals surface area contributed by atoms with E-state index in [0.29, 0.717) is 5.56 Å². The number of carbonyl (C=O) groups excluding carboxylic acids is 1. The standard InChI is InChI=1S/C10H11BrO3/c1-10(13,9(12)14-2)7-3-5-8(11)6-4-7/h3-6,13H,1-2H3. The minimum absolute atomic E-state index is 0.507. The summed E-state index contributed by atoms with van der Waals surface area (Å²) in [5, 5.41) is 9.86. The molecular formula is C10H11BrO3. The van der Waals surface area contributed by atoms with Gasteiger partial charge in [-0.15, -0.1) is 0 Å². The third-order valence-corrected chi connectivity index (χ3v) is 2.52. The van der Waals surface area contributed by atoms with Crippen LogP contribution in [0.3, 0.4) is 0 Å². The lowest BCUT2D eigenvalue weighted by Crippen LogP contribution is -2.33. The van der Waals surface area contributed by atoms with Crippen LogP contribution in [0.15, 0.2) is 28.7 Å². The number of carbonyl (C=O) groups is 1. The third kappa shape index (κ3) is 2.13. The second kappa shape index (κ2) is 4.11. The van der Waals surface area contributed by atoms with E-state index in [9.17, 15) is 9.90 Å². The maximum atomic E-state index is 11.2. The average Bonchev–Trinajstić information content (AvgIpc) is 2.17. The van der Waals surface area contributed by atoms with E-state index in [-0.39, 0.29) is 0 Å². The summed E-state index contributed by atoms with van der Waals surface area (Å²) < 4.78 is 5.39. The third-order valence-electron chi connectivity index (χ3n) is 1.99. The van der Waals surface area contributed by atoms with Gasteiger partial charge >= 0.3 is 5.97 Å². The number of rotatable bonds is 2. The molecule has 14 heavy (non-hydrogen) atoms. The van der Waals surface area contributed by atoms with E-state index >= 15 is 0 Å². The predicted octanol–water partition coefficient (Wildman–Crippen LogP) is 1.83. The van der Waals surface area contributed by atoms with Gasteiger partial charge in [-0.1, -0.05) is 28.1 Å². The molecule has 1 aromatic rings. The Morgan fingerprint density at radius 1 is 1.43 bits per heavy atom. The number of ether oxygens (including phenoxy) is 1. The second-order valence-electron chi connectivity index (χ2n) is 3.07. The van der Waals surface area contributed by atoms with E-state index in [4.69, 9.17) is 0 Å². The maximum absolute atomic E-state index is 11.2. The lowest BCUT2D eigenvalue weighted by Gasteiger charge is -2.20. The largest absolute Gasteiger partial charge is 0.467 e. The number of methoxy groups -OCH3 is 1. The molecule has 3 nitrogen and oxygen atoms in total. The van der Waals surface area contributed by atoms with Gasteiger partial charge < -0.3 is 9.84 Å². The summed E-state index contributed by atoms with van der Waals surface area (Å²) in [5.41, 5.74) is -1.08. The number of aliphatic hydroxyl groups is 1. The summed E-state index contributed by atoms with van der Waals surface area (Å²) in [4.78, 5) is 11.2. The Labute approximate surface area is 90.8 Å². The van der Waals surface area contributed by atoms with Crippen molar-refractivity contribution in [3.63, 3.8) is 0 Å². The SMILES string of the molecule is COC(=O)C(C)(O)c1ccc(Br)cc1. The second-order valence-corrected chi connectivity index (χ2v) is 3.99. The highest BCUT2D eigenvalue weighted by Gasteiger charge is 2.33. The van der Waals surface area contributed by atoms with Crippen molar-refractivity contribution < 1.29 is 14.6 Å². The molecule has 1 aromatic carbocycles. The first-order chi connectivity index (χ1) is 6.48. The van der Waals surface area contributed by atoms with E-state index in [1.807, 2.05) is 0 Å². The van der Waals surface area contributed by atoms with Crippen molar-refractivity contribution in [2.24, 2.45) is 0 Å². The van der Waals surface area contributed by atoms with Crippen molar-refractivity contribution in [2.45, 2.75) is 12.5 Å². The molecule has 0 heterocycles. The monoisotopic (exact) mass is 258 g/mol. The molecule has 0 aromatic heterocycles. The molecular weight excluding hydrogens is 248 g/mol. The minimum Gasteiger partial charge on any atom is -0.467 e. The molecule has 0 aliphatic heterocycles. The van der Waals surface area contributed by atoms with Crippen LogP contribution in [0.5, 0.6) is 0 Å². The lowest BCUT2D eigenvalue weighted by molar-refractivity contribution is -0.161. The molecule has 0 spiro atoms. The van der Waals surface area contributed by atoms with Crippen LogP contribution < -0.4 is 0 Å². The molecule has 0 fully saturated rings. The molecule has 0 radical (unpaired) electrons. The summed E-state index contributed by atoms with van der Waals surface area (Å²) >= 11 is 3.27. The van der Waals surface area contributed by atoms with Gasteiger partial charge in [-0.2, -0.15) is 0 Å². The molecule has 1 unspecified atom stereocenters. The molecule has 0 aliphatic rings. The van der Waals surface area contributed by atoms with E-state index in [0.717, 1.165) is 4.47 Å². The molecule has 1 atom stereocenters. The molecule has 1 rings (SSSR count). The summed E-state index contributed by atoms with van der Waals surface area (Å²) in [6.07, 6.45) is 0. The van der Waals surface area contributed by atoms with E-state index in [2.05, 4.69) is 20.7 Å². The fraction of sp³-hybridized carbons (Fsp3) is 0.300. The number of benzene rings is 1. The van der Waals surface area contributed by atoms with Gasteiger partial charge in [-0.05, 0) is 24.6 Å². The molecule has 0 saturated carbocycles. The molecule has 0 aliphatic carbocycles. The Kier molecular flexibility index (Phi) is 3.29. The highest BCUT2D eigenvalue weighted by atomic mass is 79.9. The van der Waals surface area contributed by atoms with Gasteiger partial charge in [-0.3, -0.25) is 0 Å². The predicted molar refractivity (Wildman–Crippen MR) is 55.7 cm³/mol. The van der Waals surface area contributed by atoms with E-state index in [1.54, 1.807) is 24.3 Å². The van der Waals surface area contributed by atoms with E-state index in [1.165, 1.54) is 14.0 Å². The van der Waals surface area contributed by atoms with Crippen LogP contribution in [0.2, 0.25) is 0 Å². The van der Waals surface area contributed by atoms with Gasteiger partial charge in [0.15, 0.2) is 5.60 Å². The zero-order chi connectivity index (χ0) is 10.8. The summed E-state index contributed by atoms with van der Waals surface area (Å²) in [6.45, 7) is 1.40. The highest BCUT2D eigenvalue weighted by molar-refractivity contribution is 9.10. The van der Waals surface area contributed by atoms with Gasteiger partial charge in [0.1, 0.15) is 0 Å². The molecule has 1 N–H and O–H groups in total. The Bertz CT molecular complexity index is 330. The number of hydrogen-bond donors (Lipinski definition) is 1. The summed E-state index contributed by atoms with van der Waals surface area (Å²) in [7, 11) is 1.25. The van der Waals surface area contributed by atoms with Crippen LogP contribution in [-0.2, 0) is 15.1 Å². The molecule has 0 amide bonds. The summed E-state index contributed by atoms with van der Waals surface area (Å²) in [6, 6.07) is 6.85. The molecule has 76 valence electrons. The van der Waals surface area contributed by atoms with Gasteiger partial charge in [0.2, 0.25) is 0 Å². The molecule has 0 saturated heterocycles. The van der Waals surface area contributed by atoms with Crippen LogP contribution in [0.4, 0.5) is 0 Å². The minimum atomic E-state index is -1.59. The zero-order valence-electron chi connectivity index (χ0n) is 7.95. The fourth-order valence-corrected chi connectivity index (χ4v) is 1.36. The Balaban J connectivity index is 3.03. The van der Waals surface area contributed by atoms with Gasteiger partial charge in [0.05, 0.1) is 7.11 Å². The fourth-order valence-electron chi connectivity index (χ4n) is 1.09.